The summed E-state index contributed by atoms with van der Waals surface area (Å²) in [6.07, 6.45) is 1.73. The van der Waals surface area contributed by atoms with Gasteiger partial charge in [-0.05, 0) is 26.0 Å². The highest BCUT2D eigenvalue weighted by molar-refractivity contribution is 7.12. The lowest BCUT2D eigenvalue weighted by Gasteiger charge is -2.21. The van der Waals surface area contributed by atoms with E-state index in [-0.39, 0.29) is 12.1 Å². The number of rotatable bonds is 5. The molecule has 19 heavy (non-hydrogen) atoms. The van der Waals surface area contributed by atoms with Crippen molar-refractivity contribution < 1.29 is 0 Å². The van der Waals surface area contributed by atoms with Crippen LogP contribution in [0.4, 0.5) is 0 Å². The lowest BCUT2D eigenvalue weighted by atomic mass is 10.1. The molecule has 2 unspecified atom stereocenters. The Morgan fingerprint density at radius 2 is 2.05 bits per heavy atom. The molecule has 0 fully saturated rings. The number of aromatic nitrogens is 3. The van der Waals surface area contributed by atoms with Crippen LogP contribution in [0.15, 0.2) is 12.1 Å². The molecule has 2 aromatic heterocycles. The zero-order valence-corrected chi connectivity index (χ0v) is 12.9. The van der Waals surface area contributed by atoms with Gasteiger partial charge in [-0.25, -0.2) is 9.67 Å². The van der Waals surface area contributed by atoms with E-state index in [2.05, 4.69) is 43.0 Å². The van der Waals surface area contributed by atoms with Gasteiger partial charge in [0.25, 0.3) is 0 Å². The number of nitrogens with two attached hydrogens (primary N) is 1. The van der Waals surface area contributed by atoms with Crippen molar-refractivity contribution in [3.8, 4) is 0 Å². The lowest BCUT2D eigenvalue weighted by Crippen LogP contribution is -2.31. The fourth-order valence-electron chi connectivity index (χ4n) is 2.23. The van der Waals surface area contributed by atoms with E-state index in [1.54, 1.807) is 11.3 Å². The van der Waals surface area contributed by atoms with Crippen LogP contribution in [0.1, 0.15) is 48.2 Å². The van der Waals surface area contributed by atoms with Gasteiger partial charge in [-0.2, -0.15) is 5.10 Å². The minimum absolute atomic E-state index is 0.00903. The first kappa shape index (κ1) is 14.2. The molecule has 104 valence electrons. The maximum absolute atomic E-state index is 6.20. The summed E-state index contributed by atoms with van der Waals surface area (Å²) in [5, 5.41) is 4.64. The van der Waals surface area contributed by atoms with Gasteiger partial charge >= 0.3 is 0 Å². The van der Waals surface area contributed by atoms with Crippen LogP contribution < -0.4 is 5.73 Å². The molecule has 0 bridgehead atoms. The molecule has 2 heterocycles. The Morgan fingerprint density at radius 3 is 2.53 bits per heavy atom. The number of hydrogen-bond acceptors (Lipinski definition) is 4. The molecule has 2 atom stereocenters. The van der Waals surface area contributed by atoms with Gasteiger partial charge in [-0.1, -0.05) is 13.8 Å². The summed E-state index contributed by atoms with van der Waals surface area (Å²) in [5.41, 5.74) is 6.20. The van der Waals surface area contributed by atoms with Crippen LogP contribution in [0.3, 0.4) is 0 Å². The van der Waals surface area contributed by atoms with E-state index in [0.717, 1.165) is 24.5 Å². The topological polar surface area (TPSA) is 56.7 Å². The van der Waals surface area contributed by atoms with Crippen LogP contribution in [0.5, 0.6) is 0 Å². The van der Waals surface area contributed by atoms with E-state index in [1.807, 2.05) is 11.6 Å². The minimum atomic E-state index is 0.00903. The third kappa shape index (κ3) is 2.87. The van der Waals surface area contributed by atoms with Gasteiger partial charge in [-0.15, -0.1) is 11.3 Å². The molecule has 2 N–H and O–H groups in total. The lowest BCUT2D eigenvalue weighted by molar-refractivity contribution is 0.442. The van der Waals surface area contributed by atoms with Gasteiger partial charge in [0.05, 0.1) is 0 Å². The zero-order valence-electron chi connectivity index (χ0n) is 12.1. The molecule has 2 aromatic rings. The fraction of sp³-hybridized carbons (Fsp3) is 0.571. The van der Waals surface area contributed by atoms with Gasteiger partial charge < -0.3 is 5.73 Å². The van der Waals surface area contributed by atoms with Gasteiger partial charge in [0.1, 0.15) is 11.9 Å². The Morgan fingerprint density at radius 1 is 1.32 bits per heavy atom. The molecule has 2 rings (SSSR count). The van der Waals surface area contributed by atoms with E-state index in [4.69, 9.17) is 5.73 Å². The maximum atomic E-state index is 6.20. The van der Waals surface area contributed by atoms with Crippen molar-refractivity contribution >= 4 is 11.3 Å². The molecular weight excluding hydrogens is 256 g/mol. The first-order valence-electron chi connectivity index (χ1n) is 6.83. The average Bonchev–Trinajstić information content (AvgIpc) is 2.96. The molecule has 0 spiro atoms. The number of thiophene rings is 1. The van der Waals surface area contributed by atoms with E-state index in [0.29, 0.717) is 0 Å². The van der Waals surface area contributed by atoms with Crippen molar-refractivity contribution in [1.82, 2.24) is 14.8 Å². The highest BCUT2D eigenvalue weighted by atomic mass is 32.1. The molecule has 0 saturated carbocycles. The molecule has 0 aromatic carbocycles. The van der Waals surface area contributed by atoms with E-state index in [1.165, 1.54) is 9.75 Å². The number of hydrogen-bond donors (Lipinski definition) is 1. The predicted molar refractivity (Wildman–Crippen MR) is 79.6 cm³/mol. The van der Waals surface area contributed by atoms with Crippen molar-refractivity contribution in [2.75, 3.05) is 0 Å². The largest absolute Gasteiger partial charge is 0.326 e. The first-order valence-corrected chi connectivity index (χ1v) is 7.64. The van der Waals surface area contributed by atoms with E-state index < -0.39 is 0 Å². The second kappa shape index (κ2) is 5.84. The summed E-state index contributed by atoms with van der Waals surface area (Å²) in [4.78, 5) is 7.14. The molecule has 0 aliphatic carbocycles. The smallest absolute Gasteiger partial charge is 0.150 e. The van der Waals surface area contributed by atoms with Crippen LogP contribution >= 0.6 is 11.3 Å². The molecular formula is C14H22N4S. The Kier molecular flexibility index (Phi) is 4.37. The van der Waals surface area contributed by atoms with Crippen molar-refractivity contribution in [3.63, 3.8) is 0 Å². The zero-order chi connectivity index (χ0) is 14.0. The van der Waals surface area contributed by atoms with Crippen LogP contribution in [0.25, 0.3) is 0 Å². The predicted octanol–water partition coefficient (Wildman–Crippen LogP) is 2.71. The molecule has 4 nitrogen and oxygen atoms in total. The SMILES string of the molecule is CCc1nc(CC)n(C(c2ccc(C)s2)C(C)N)n1. The summed E-state index contributed by atoms with van der Waals surface area (Å²) < 4.78 is 2.02. The highest BCUT2D eigenvalue weighted by Gasteiger charge is 2.24. The molecule has 0 saturated heterocycles. The fourth-order valence-corrected chi connectivity index (χ4v) is 3.31. The third-order valence-corrected chi connectivity index (χ3v) is 4.26. The molecule has 5 heteroatoms. The third-order valence-electron chi connectivity index (χ3n) is 3.19. The van der Waals surface area contributed by atoms with Crippen molar-refractivity contribution in [2.24, 2.45) is 5.73 Å². The van der Waals surface area contributed by atoms with E-state index >= 15 is 0 Å². The summed E-state index contributed by atoms with van der Waals surface area (Å²) in [6, 6.07) is 4.38. The summed E-state index contributed by atoms with van der Waals surface area (Å²) >= 11 is 1.79. The van der Waals surface area contributed by atoms with Gasteiger partial charge in [-0.3, -0.25) is 0 Å². The summed E-state index contributed by atoms with van der Waals surface area (Å²) in [7, 11) is 0. The van der Waals surface area contributed by atoms with Gasteiger partial charge in [0, 0.05) is 28.6 Å². The number of aryl methyl sites for hydroxylation is 3. The van der Waals surface area contributed by atoms with Gasteiger partial charge in [0.2, 0.25) is 0 Å². The Labute approximate surface area is 118 Å². The van der Waals surface area contributed by atoms with Crippen molar-refractivity contribution in [2.45, 2.75) is 52.6 Å². The Balaban J connectivity index is 2.47. The van der Waals surface area contributed by atoms with E-state index in [9.17, 15) is 0 Å². The summed E-state index contributed by atoms with van der Waals surface area (Å²) in [5.74, 6) is 1.92. The minimum Gasteiger partial charge on any atom is -0.326 e. The van der Waals surface area contributed by atoms with Crippen LogP contribution in [-0.4, -0.2) is 20.8 Å². The second-order valence-electron chi connectivity index (χ2n) is 4.85. The Hall–Kier alpha value is -1.20. The Bertz CT molecular complexity index is 541. The first-order chi connectivity index (χ1) is 9.06. The van der Waals surface area contributed by atoms with Crippen LogP contribution in [0, 0.1) is 6.92 Å². The quantitative estimate of drug-likeness (QED) is 0.915. The van der Waals surface area contributed by atoms with Crippen molar-refractivity contribution in [3.05, 3.63) is 33.5 Å². The maximum Gasteiger partial charge on any atom is 0.150 e. The van der Waals surface area contributed by atoms with Crippen LogP contribution in [0.2, 0.25) is 0 Å². The standard InChI is InChI=1S/C14H22N4S/c1-5-12-16-13(6-2)18(17-12)14(10(4)15)11-8-7-9(3)19-11/h7-8,10,14H,5-6,15H2,1-4H3. The highest BCUT2D eigenvalue weighted by Crippen LogP contribution is 2.28. The molecule has 0 aliphatic heterocycles. The molecule has 0 amide bonds. The molecule has 0 radical (unpaired) electrons. The van der Waals surface area contributed by atoms with Crippen LogP contribution in [-0.2, 0) is 12.8 Å². The monoisotopic (exact) mass is 278 g/mol. The van der Waals surface area contributed by atoms with Gasteiger partial charge in [0.15, 0.2) is 5.82 Å². The number of nitrogens with zero attached hydrogens (tertiary/aromatic N) is 3. The molecule has 0 aliphatic rings. The second-order valence-corrected chi connectivity index (χ2v) is 6.17. The van der Waals surface area contributed by atoms with Crippen molar-refractivity contribution in [1.29, 1.82) is 0 Å². The normalized spacial score (nSPS) is 14.6. The summed E-state index contributed by atoms with van der Waals surface area (Å²) in [6.45, 7) is 8.34. The average molecular weight is 278 g/mol.